The van der Waals surface area contributed by atoms with Gasteiger partial charge < -0.3 is 28.3 Å². The van der Waals surface area contributed by atoms with Gasteiger partial charge in [-0.05, 0) is 58.9 Å². The van der Waals surface area contributed by atoms with Crippen LogP contribution in [0.2, 0.25) is 0 Å². The molecular weight excluding hydrogens is 755 g/mol. The maximum Gasteiger partial charge on any atom is 0.309 e. The first-order valence-corrected chi connectivity index (χ1v) is 19.8. The number of fused-ring (bicyclic) bond motifs is 7. The number of aromatic nitrogens is 4. The van der Waals surface area contributed by atoms with Gasteiger partial charge in [-0.15, -0.1) is 6.07 Å². The topological polar surface area (TPSA) is 69.5 Å². The molecule has 9 nitrogen and oxygen atoms in total. The van der Waals surface area contributed by atoms with E-state index in [9.17, 15) is 0 Å². The van der Waals surface area contributed by atoms with Crippen LogP contribution in [0.1, 0.15) is 0 Å². The number of pyridine rings is 1. The summed E-state index contributed by atoms with van der Waals surface area (Å²) in [5.41, 5.74) is 11.7. The number of aryl methyl sites for hydroxylation is 2. The van der Waals surface area contributed by atoms with E-state index in [4.69, 9.17) is 14.4 Å². The van der Waals surface area contributed by atoms with Crippen LogP contribution in [0.15, 0.2) is 156 Å². The predicted octanol–water partition coefficient (Wildman–Crippen LogP) is 8.47. The largest absolute Gasteiger partial charge is 0.423 e. The summed E-state index contributed by atoms with van der Waals surface area (Å²) in [5.74, 6) is 0.755. The SMILES string of the molecule is CN1c2ccccc2N(c2nc3c4c(ccc3o2)Nc2ccccc2N4[Si](c2ccccc2)c2ccccc2)c2nc(-c3cn(C)c4c3[cH-]c[n+]4C)ccc21.[Ni]. The fraction of sp³-hybridized carbons (Fsp3) is 0.0667. The molecule has 2 aliphatic heterocycles. The van der Waals surface area contributed by atoms with Crippen molar-refractivity contribution in [2.24, 2.45) is 14.1 Å². The van der Waals surface area contributed by atoms with Crippen LogP contribution in [0, 0.1) is 0 Å². The van der Waals surface area contributed by atoms with Crippen molar-refractivity contribution in [1.29, 1.82) is 0 Å². The van der Waals surface area contributed by atoms with Crippen molar-refractivity contribution in [2.75, 3.05) is 26.7 Å². The van der Waals surface area contributed by atoms with E-state index in [0.29, 0.717) is 11.6 Å². The van der Waals surface area contributed by atoms with E-state index in [1.54, 1.807) is 0 Å². The summed E-state index contributed by atoms with van der Waals surface area (Å²) in [6.45, 7) is 0. The van der Waals surface area contributed by atoms with Crippen LogP contribution in [0.4, 0.5) is 51.6 Å². The van der Waals surface area contributed by atoms with E-state index >= 15 is 0 Å². The second-order valence-corrected chi connectivity index (χ2v) is 16.4. The molecule has 56 heavy (non-hydrogen) atoms. The van der Waals surface area contributed by atoms with Gasteiger partial charge in [0.05, 0.1) is 53.9 Å². The first-order chi connectivity index (χ1) is 27.0. The van der Waals surface area contributed by atoms with Gasteiger partial charge in [0.25, 0.3) is 0 Å². The van der Waals surface area contributed by atoms with Crippen LogP contribution in [0.5, 0.6) is 0 Å². The predicted molar refractivity (Wildman–Crippen MR) is 223 cm³/mol. The van der Waals surface area contributed by atoms with Gasteiger partial charge in [-0.1, -0.05) is 95.9 Å². The molecule has 11 heteroatoms. The molecule has 275 valence electrons. The van der Waals surface area contributed by atoms with E-state index in [1.165, 1.54) is 10.4 Å². The van der Waals surface area contributed by atoms with Crippen LogP contribution in [0.3, 0.4) is 0 Å². The Morgan fingerprint density at radius 2 is 1.38 bits per heavy atom. The molecule has 11 rings (SSSR count). The molecule has 0 aliphatic carbocycles. The smallest absolute Gasteiger partial charge is 0.309 e. The van der Waals surface area contributed by atoms with Gasteiger partial charge in [0, 0.05) is 41.6 Å². The van der Waals surface area contributed by atoms with Gasteiger partial charge in [0.2, 0.25) is 8.96 Å². The molecule has 0 atom stereocenters. The van der Waals surface area contributed by atoms with Gasteiger partial charge in [0.15, 0.2) is 17.0 Å². The van der Waals surface area contributed by atoms with Crippen molar-refractivity contribution >= 4 is 93.1 Å². The Balaban J connectivity index is 0.00000384. The van der Waals surface area contributed by atoms with Gasteiger partial charge >= 0.3 is 6.01 Å². The summed E-state index contributed by atoms with van der Waals surface area (Å²) in [4.78, 5) is 15.2. The number of nitrogens with one attached hydrogen (secondary N) is 1. The number of rotatable bonds is 5. The van der Waals surface area contributed by atoms with Crippen molar-refractivity contribution < 1.29 is 25.5 Å². The standard InChI is InChI=1S/C45H35N8OSi.Ni/c1-49-27-26-31-32(28-50(2)44(31)49)33-22-24-39-43(47-33)52(38-21-13-12-20-37(38)51(39)3)45-48-41-40(54-45)25-23-35-42(41)53(36-19-11-10-18-34(36)46-35)55(29-14-6-4-7-15-29)30-16-8-5-9-17-30;/h4-28,46H,1-3H3;. The van der Waals surface area contributed by atoms with Gasteiger partial charge in [-0.2, -0.15) is 4.98 Å². The molecule has 1 N–H and O–H groups in total. The minimum absolute atomic E-state index is 0. The second kappa shape index (κ2) is 13.0. The Kier molecular flexibility index (Phi) is 7.91. The summed E-state index contributed by atoms with van der Waals surface area (Å²) >= 11 is 0. The molecule has 6 heterocycles. The molecule has 1 radical (unpaired) electrons. The molecule has 0 fully saturated rings. The minimum atomic E-state index is -1.61. The molecule has 0 amide bonds. The van der Waals surface area contributed by atoms with Crippen molar-refractivity contribution in [3.63, 3.8) is 0 Å². The van der Waals surface area contributed by atoms with E-state index in [2.05, 4.69) is 196 Å². The fourth-order valence-electron chi connectivity index (χ4n) is 8.37. The summed E-state index contributed by atoms with van der Waals surface area (Å²) in [6, 6.07) is 49.6. The zero-order chi connectivity index (χ0) is 36.8. The number of oxazole rings is 1. The zero-order valence-corrected chi connectivity index (χ0v) is 32.8. The van der Waals surface area contributed by atoms with Crippen LogP contribution in [-0.4, -0.2) is 30.5 Å². The first kappa shape index (κ1) is 34.0. The Bertz CT molecular complexity index is 2900. The van der Waals surface area contributed by atoms with E-state index in [1.807, 2.05) is 6.07 Å². The van der Waals surface area contributed by atoms with E-state index in [0.717, 1.165) is 73.4 Å². The Morgan fingerprint density at radius 1 is 0.696 bits per heavy atom. The van der Waals surface area contributed by atoms with Crippen LogP contribution < -0.4 is 34.6 Å². The normalized spacial score (nSPS) is 13.0. The molecule has 0 bridgehead atoms. The molecule has 0 saturated carbocycles. The number of nitrogens with zero attached hydrogens (tertiary/aromatic N) is 7. The fourth-order valence-corrected chi connectivity index (χ4v) is 11.1. The quantitative estimate of drug-likeness (QED) is 0.107. The number of hydrogen-bond acceptors (Lipinski definition) is 7. The van der Waals surface area contributed by atoms with E-state index < -0.39 is 8.96 Å². The van der Waals surface area contributed by atoms with Crippen LogP contribution in [0.25, 0.3) is 33.4 Å². The third-order valence-electron chi connectivity index (χ3n) is 10.8. The van der Waals surface area contributed by atoms with E-state index in [-0.39, 0.29) is 16.5 Å². The molecule has 0 spiro atoms. The molecule has 5 aromatic carbocycles. The van der Waals surface area contributed by atoms with Crippen molar-refractivity contribution in [3.8, 4) is 11.3 Å². The van der Waals surface area contributed by atoms with Gasteiger partial charge in [-0.3, -0.25) is 0 Å². The zero-order valence-electron chi connectivity index (χ0n) is 30.8. The Hall–Kier alpha value is -6.55. The number of hydrogen-bond donors (Lipinski definition) is 1. The molecular formula is C45H35N8NiOSi. The Labute approximate surface area is 335 Å². The maximum absolute atomic E-state index is 6.88. The average Bonchev–Trinajstić information content (AvgIpc) is 3.93. The Morgan fingerprint density at radius 3 is 2.12 bits per heavy atom. The molecule has 4 aromatic heterocycles. The number of para-hydroxylation sites is 4. The van der Waals surface area contributed by atoms with Crippen LogP contribution >= 0.6 is 0 Å². The summed E-state index contributed by atoms with van der Waals surface area (Å²) < 4.78 is 13.7. The number of benzene rings is 5. The average molecular weight is 791 g/mol. The molecule has 2 aliphatic rings. The third kappa shape index (κ3) is 5.05. The summed E-state index contributed by atoms with van der Waals surface area (Å²) in [5, 5.41) is 7.45. The molecule has 9 aromatic rings. The monoisotopic (exact) mass is 789 g/mol. The summed E-state index contributed by atoms with van der Waals surface area (Å²) in [6.07, 6.45) is 4.26. The molecule has 0 unspecified atom stereocenters. The molecule has 0 saturated heterocycles. The minimum Gasteiger partial charge on any atom is -0.423 e. The van der Waals surface area contributed by atoms with Gasteiger partial charge in [0.1, 0.15) is 5.52 Å². The first-order valence-electron chi connectivity index (χ1n) is 18.4. The van der Waals surface area contributed by atoms with Crippen molar-refractivity contribution in [2.45, 2.75) is 0 Å². The van der Waals surface area contributed by atoms with Crippen LogP contribution in [-0.2, 0) is 30.6 Å². The van der Waals surface area contributed by atoms with Crippen molar-refractivity contribution in [3.05, 3.63) is 152 Å². The summed E-state index contributed by atoms with van der Waals surface area (Å²) in [7, 11) is 4.64. The third-order valence-corrected chi connectivity index (χ3v) is 13.5. The van der Waals surface area contributed by atoms with Gasteiger partial charge in [-0.25, -0.2) is 9.88 Å². The number of anilines is 9. The van der Waals surface area contributed by atoms with Crippen molar-refractivity contribution in [1.82, 2.24) is 14.5 Å². The maximum atomic E-state index is 6.88. The second-order valence-electron chi connectivity index (χ2n) is 14.1.